The van der Waals surface area contributed by atoms with E-state index in [9.17, 15) is 0 Å². The molecule has 2 unspecified atom stereocenters. The minimum atomic E-state index is 0.0598. The third-order valence-electron chi connectivity index (χ3n) is 10.1. The van der Waals surface area contributed by atoms with Gasteiger partial charge in [-0.15, -0.1) is 0 Å². The molecule has 2 atom stereocenters. The average Bonchev–Trinajstić information content (AvgIpc) is 3.23. The van der Waals surface area contributed by atoms with Crippen LogP contribution in [0, 0.1) is 0 Å². The van der Waals surface area contributed by atoms with Gasteiger partial charge in [-0.2, -0.15) is 0 Å². The molecular formula is C44H58Cl2N4O5. The maximum atomic E-state index is 8.78. The lowest BCUT2D eigenvalue weighted by Gasteiger charge is -2.39. The van der Waals surface area contributed by atoms with Crippen LogP contribution in [0.15, 0.2) is 109 Å². The van der Waals surface area contributed by atoms with E-state index in [2.05, 4.69) is 105 Å². The van der Waals surface area contributed by atoms with Gasteiger partial charge in [0.05, 0.1) is 64.9 Å². The molecule has 2 heterocycles. The molecule has 2 saturated heterocycles. The molecule has 0 radical (unpaired) electrons. The molecule has 0 aliphatic carbocycles. The lowest BCUT2D eigenvalue weighted by atomic mass is 9.96. The molecule has 0 aromatic heterocycles. The highest BCUT2D eigenvalue weighted by Gasteiger charge is 2.27. The number of nitrogens with zero attached hydrogens (tertiary/aromatic N) is 4. The number of piperazine rings is 2. The first-order valence-corrected chi connectivity index (χ1v) is 20.3. The third-order valence-corrected chi connectivity index (χ3v) is 10.6. The fraction of sp³-hybridized carbons (Fsp3) is 0.455. The van der Waals surface area contributed by atoms with Crippen LogP contribution < -0.4 is 0 Å². The molecule has 0 spiro atoms. The summed E-state index contributed by atoms with van der Waals surface area (Å²) in [6, 6.07) is 38.3. The first kappa shape index (κ1) is 43.2. The predicted molar refractivity (Wildman–Crippen MR) is 222 cm³/mol. The smallest absolute Gasteiger partial charge is 0.0701 e. The minimum Gasteiger partial charge on any atom is -0.394 e. The van der Waals surface area contributed by atoms with Gasteiger partial charge in [-0.05, 0) is 46.5 Å². The van der Waals surface area contributed by atoms with Crippen molar-refractivity contribution >= 4 is 23.2 Å². The highest BCUT2D eigenvalue weighted by atomic mass is 35.5. The van der Waals surface area contributed by atoms with Crippen LogP contribution in [0.25, 0.3) is 0 Å². The van der Waals surface area contributed by atoms with Crippen molar-refractivity contribution in [1.29, 1.82) is 0 Å². The van der Waals surface area contributed by atoms with E-state index >= 15 is 0 Å². The number of ether oxygens (including phenoxy) is 3. The first-order chi connectivity index (χ1) is 27.1. The summed E-state index contributed by atoms with van der Waals surface area (Å²) >= 11 is 12.2. The second-order valence-electron chi connectivity index (χ2n) is 13.8. The molecule has 0 saturated carbocycles. The molecule has 4 aromatic rings. The van der Waals surface area contributed by atoms with E-state index in [1.165, 1.54) is 22.3 Å². The quantitative estimate of drug-likeness (QED) is 0.109. The van der Waals surface area contributed by atoms with Gasteiger partial charge in [0.1, 0.15) is 0 Å². The van der Waals surface area contributed by atoms with Crippen molar-refractivity contribution in [3.63, 3.8) is 0 Å². The van der Waals surface area contributed by atoms with E-state index in [0.29, 0.717) is 39.6 Å². The van der Waals surface area contributed by atoms with E-state index < -0.39 is 0 Å². The van der Waals surface area contributed by atoms with Crippen molar-refractivity contribution in [2.24, 2.45) is 0 Å². The Hall–Kier alpha value is -2.90. The molecule has 2 aliphatic rings. The number of benzene rings is 4. The molecule has 2 fully saturated rings. The van der Waals surface area contributed by atoms with E-state index in [4.69, 9.17) is 47.6 Å². The molecule has 298 valence electrons. The molecule has 55 heavy (non-hydrogen) atoms. The Morgan fingerprint density at radius 3 is 1.11 bits per heavy atom. The summed E-state index contributed by atoms with van der Waals surface area (Å²) < 4.78 is 16.2. The molecule has 4 aromatic carbocycles. The summed E-state index contributed by atoms with van der Waals surface area (Å²) in [5.41, 5.74) is 5.18. The fourth-order valence-corrected chi connectivity index (χ4v) is 7.47. The lowest BCUT2D eigenvalue weighted by Crippen LogP contribution is -2.48. The Morgan fingerprint density at radius 1 is 0.418 bits per heavy atom. The SMILES string of the molecule is OCCOCCN1CCN(C(c2ccccc2)c2ccc(Cl)cc2)CC1.OCCOCCOCCN1CCN(C(c2ccccc2)c2ccc(Cl)cc2)CC1. The number of hydrogen-bond acceptors (Lipinski definition) is 9. The predicted octanol–water partition coefficient (Wildman–Crippen LogP) is 6.13. The van der Waals surface area contributed by atoms with Crippen molar-refractivity contribution < 1.29 is 24.4 Å². The summed E-state index contributed by atoms with van der Waals surface area (Å²) in [6.45, 7) is 13.5. The largest absolute Gasteiger partial charge is 0.394 e. The number of hydrogen-bond donors (Lipinski definition) is 2. The highest BCUT2D eigenvalue weighted by molar-refractivity contribution is 6.30. The molecule has 11 heteroatoms. The van der Waals surface area contributed by atoms with Crippen LogP contribution in [0.4, 0.5) is 0 Å². The van der Waals surface area contributed by atoms with Crippen molar-refractivity contribution in [3.05, 3.63) is 141 Å². The van der Waals surface area contributed by atoms with Crippen molar-refractivity contribution in [1.82, 2.24) is 19.6 Å². The van der Waals surface area contributed by atoms with Gasteiger partial charge in [-0.1, -0.05) is 108 Å². The van der Waals surface area contributed by atoms with Gasteiger partial charge in [0.25, 0.3) is 0 Å². The monoisotopic (exact) mass is 792 g/mol. The fourth-order valence-electron chi connectivity index (χ4n) is 7.22. The second-order valence-corrected chi connectivity index (χ2v) is 14.6. The van der Waals surface area contributed by atoms with Gasteiger partial charge in [-0.3, -0.25) is 19.6 Å². The van der Waals surface area contributed by atoms with E-state index in [-0.39, 0.29) is 25.3 Å². The summed E-state index contributed by atoms with van der Waals surface area (Å²) in [5.74, 6) is 0. The summed E-state index contributed by atoms with van der Waals surface area (Å²) in [5, 5.41) is 19.0. The normalized spacial score (nSPS) is 17.0. The lowest BCUT2D eigenvalue weighted by molar-refractivity contribution is 0.0203. The Balaban J connectivity index is 0.000000212. The van der Waals surface area contributed by atoms with Gasteiger partial charge in [0, 0.05) is 75.5 Å². The highest BCUT2D eigenvalue weighted by Crippen LogP contribution is 2.32. The van der Waals surface area contributed by atoms with Crippen LogP contribution in [0.3, 0.4) is 0 Å². The molecule has 6 rings (SSSR count). The van der Waals surface area contributed by atoms with E-state index in [1.54, 1.807) is 0 Å². The maximum absolute atomic E-state index is 8.78. The van der Waals surface area contributed by atoms with Crippen LogP contribution in [0.1, 0.15) is 34.3 Å². The zero-order valence-electron chi connectivity index (χ0n) is 31.9. The van der Waals surface area contributed by atoms with E-state index in [1.807, 2.05) is 24.3 Å². The van der Waals surface area contributed by atoms with Crippen LogP contribution >= 0.6 is 23.2 Å². The van der Waals surface area contributed by atoms with Crippen molar-refractivity contribution in [2.75, 3.05) is 118 Å². The zero-order valence-corrected chi connectivity index (χ0v) is 33.5. The summed E-state index contributed by atoms with van der Waals surface area (Å²) in [6.07, 6.45) is 0. The Bertz CT molecular complexity index is 1570. The van der Waals surface area contributed by atoms with Gasteiger partial charge >= 0.3 is 0 Å². The Labute approximate surface area is 337 Å². The third kappa shape index (κ3) is 14.5. The van der Waals surface area contributed by atoms with Gasteiger partial charge in [0.2, 0.25) is 0 Å². The van der Waals surface area contributed by atoms with Crippen LogP contribution in [0.2, 0.25) is 10.0 Å². The average molecular weight is 794 g/mol. The van der Waals surface area contributed by atoms with Crippen LogP contribution in [-0.2, 0) is 14.2 Å². The van der Waals surface area contributed by atoms with Crippen LogP contribution in [0.5, 0.6) is 0 Å². The zero-order chi connectivity index (χ0) is 38.5. The molecule has 0 amide bonds. The Kier molecular flexibility index (Phi) is 19.4. The second kappa shape index (κ2) is 24.7. The van der Waals surface area contributed by atoms with Gasteiger partial charge in [-0.25, -0.2) is 0 Å². The number of halogens is 2. The maximum Gasteiger partial charge on any atom is 0.0701 e. The molecule has 2 aliphatic heterocycles. The number of aliphatic hydroxyl groups is 2. The van der Waals surface area contributed by atoms with Gasteiger partial charge in [0.15, 0.2) is 0 Å². The van der Waals surface area contributed by atoms with Crippen LogP contribution in [-0.4, -0.2) is 148 Å². The van der Waals surface area contributed by atoms with E-state index in [0.717, 1.165) is 75.5 Å². The topological polar surface area (TPSA) is 81.1 Å². The van der Waals surface area contributed by atoms with Crippen molar-refractivity contribution in [3.8, 4) is 0 Å². The summed E-state index contributed by atoms with van der Waals surface area (Å²) in [4.78, 5) is 9.98. The number of aliphatic hydroxyl groups excluding tert-OH is 2. The van der Waals surface area contributed by atoms with Gasteiger partial charge < -0.3 is 24.4 Å². The molecule has 2 N–H and O–H groups in total. The summed E-state index contributed by atoms with van der Waals surface area (Å²) in [7, 11) is 0. The standard InChI is InChI=1S/C23H31ClN2O3.C21H27ClN2O2/c24-22-8-6-21(7-9-22)23(20-4-2-1-3-5-20)26-12-10-25(11-13-26)14-16-28-18-19-29-17-15-27;22-20-8-6-19(7-9-20)21(18-4-2-1-3-5-18)24-12-10-23(11-13-24)14-16-26-17-15-25/h1-9,23,27H,10-19H2;1-9,21,25H,10-17H2. The Morgan fingerprint density at radius 2 is 0.745 bits per heavy atom. The minimum absolute atomic E-state index is 0.0598. The van der Waals surface area contributed by atoms with Crippen molar-refractivity contribution in [2.45, 2.75) is 12.1 Å². The molecular weight excluding hydrogens is 735 g/mol. The molecule has 0 bridgehead atoms. The number of rotatable bonds is 19. The molecule has 9 nitrogen and oxygen atoms in total. The first-order valence-electron chi connectivity index (χ1n) is 19.5.